The van der Waals surface area contributed by atoms with Crippen molar-refractivity contribution in [3.63, 3.8) is 0 Å². The van der Waals surface area contributed by atoms with E-state index in [0.29, 0.717) is 0 Å². The Kier molecular flexibility index (Phi) is 2.19. The first kappa shape index (κ1) is 6.99. The van der Waals surface area contributed by atoms with E-state index in [2.05, 4.69) is 17.1 Å². The fourth-order valence-electron chi connectivity index (χ4n) is 2.01. The highest BCUT2D eigenvalue weighted by atomic mass is 32.2. The Morgan fingerprint density at radius 2 is 2.30 bits per heavy atom. The summed E-state index contributed by atoms with van der Waals surface area (Å²) in [7, 11) is 0. The Labute approximate surface area is 67.0 Å². The van der Waals surface area contributed by atoms with Crippen LogP contribution in [0.4, 0.5) is 0 Å². The molecule has 2 atom stereocenters. The maximum atomic E-state index is 3.60. The van der Waals surface area contributed by atoms with Crippen molar-refractivity contribution < 1.29 is 0 Å². The number of nitrogens with one attached hydrogen (secondary N) is 1. The molecule has 2 heterocycles. The van der Waals surface area contributed by atoms with Crippen molar-refractivity contribution in [2.45, 2.75) is 25.3 Å². The van der Waals surface area contributed by atoms with Gasteiger partial charge in [-0.05, 0) is 37.5 Å². The molecule has 2 unspecified atom stereocenters. The van der Waals surface area contributed by atoms with Gasteiger partial charge in [-0.2, -0.15) is 11.8 Å². The van der Waals surface area contributed by atoms with Gasteiger partial charge in [-0.15, -0.1) is 0 Å². The molecule has 1 nitrogen and oxygen atoms in total. The summed E-state index contributed by atoms with van der Waals surface area (Å²) in [5.74, 6) is 3.79. The van der Waals surface area contributed by atoms with E-state index in [1.807, 2.05) is 0 Å². The third-order valence-corrected chi connectivity index (χ3v) is 3.78. The molecule has 2 aliphatic rings. The van der Waals surface area contributed by atoms with Gasteiger partial charge in [-0.1, -0.05) is 0 Å². The lowest BCUT2D eigenvalue weighted by atomic mass is 9.89. The fraction of sp³-hybridized carbons (Fsp3) is 1.00. The molecular formula is C8H15NS. The molecule has 0 saturated carbocycles. The molecule has 0 spiro atoms. The van der Waals surface area contributed by atoms with Gasteiger partial charge >= 0.3 is 0 Å². The lowest BCUT2D eigenvalue weighted by Crippen LogP contribution is -2.45. The number of hydrogen-bond acceptors (Lipinski definition) is 2. The lowest BCUT2D eigenvalue weighted by Gasteiger charge is -2.35. The second-order valence-corrected chi connectivity index (χ2v) is 4.48. The monoisotopic (exact) mass is 157 g/mol. The van der Waals surface area contributed by atoms with Crippen molar-refractivity contribution in [1.82, 2.24) is 5.32 Å². The van der Waals surface area contributed by atoms with Gasteiger partial charge in [-0.25, -0.2) is 0 Å². The van der Waals surface area contributed by atoms with Crippen molar-refractivity contribution in [3.8, 4) is 0 Å². The van der Waals surface area contributed by atoms with Crippen LogP contribution in [0.15, 0.2) is 0 Å². The second kappa shape index (κ2) is 3.14. The molecule has 2 fully saturated rings. The third-order valence-electron chi connectivity index (χ3n) is 2.66. The van der Waals surface area contributed by atoms with E-state index in [1.165, 1.54) is 37.3 Å². The predicted octanol–water partition coefficient (Wildman–Crippen LogP) is 1.49. The van der Waals surface area contributed by atoms with Crippen LogP contribution in [-0.4, -0.2) is 24.1 Å². The largest absolute Gasteiger partial charge is 0.313 e. The zero-order valence-electron chi connectivity index (χ0n) is 6.31. The first-order valence-corrected chi connectivity index (χ1v) is 5.43. The molecule has 58 valence electrons. The van der Waals surface area contributed by atoms with Gasteiger partial charge in [0.1, 0.15) is 0 Å². The van der Waals surface area contributed by atoms with E-state index in [1.54, 1.807) is 0 Å². The number of rotatable bonds is 0. The molecule has 0 aromatic heterocycles. The third kappa shape index (κ3) is 1.32. The van der Waals surface area contributed by atoms with E-state index in [0.717, 1.165) is 12.0 Å². The summed E-state index contributed by atoms with van der Waals surface area (Å²) in [6.45, 7) is 1.27. The average molecular weight is 157 g/mol. The van der Waals surface area contributed by atoms with Crippen LogP contribution < -0.4 is 5.32 Å². The molecule has 2 heteroatoms. The highest BCUT2D eigenvalue weighted by Gasteiger charge is 2.26. The van der Waals surface area contributed by atoms with Gasteiger partial charge in [0.15, 0.2) is 0 Å². The van der Waals surface area contributed by atoms with Crippen LogP contribution in [0.2, 0.25) is 0 Å². The zero-order chi connectivity index (χ0) is 6.81. The van der Waals surface area contributed by atoms with Gasteiger partial charge in [0.05, 0.1) is 0 Å². The normalized spacial score (nSPS) is 40.8. The molecule has 0 amide bonds. The number of hydrogen-bond donors (Lipinski definition) is 1. The van der Waals surface area contributed by atoms with Gasteiger partial charge in [0.2, 0.25) is 0 Å². The van der Waals surface area contributed by atoms with E-state index < -0.39 is 0 Å². The summed E-state index contributed by atoms with van der Waals surface area (Å²) in [5.41, 5.74) is 0. The Hall–Kier alpha value is 0.310. The summed E-state index contributed by atoms with van der Waals surface area (Å²) in [6, 6.07) is 0.868. The standard InChI is InChI=1S/C8H15NS/c1-2-7-3-5-10-6-8(7)9-4-1/h7-9H,1-6H2. The van der Waals surface area contributed by atoms with Crippen LogP contribution in [0, 0.1) is 5.92 Å². The molecule has 1 N–H and O–H groups in total. The molecule has 10 heavy (non-hydrogen) atoms. The van der Waals surface area contributed by atoms with E-state index in [4.69, 9.17) is 0 Å². The summed E-state index contributed by atoms with van der Waals surface area (Å²) in [4.78, 5) is 0. The SMILES string of the molecule is C1CNC2CSCCC2C1. The Morgan fingerprint density at radius 3 is 3.20 bits per heavy atom. The first-order chi connectivity index (χ1) is 4.97. The Bertz CT molecular complexity index is 89.8. The van der Waals surface area contributed by atoms with Crippen LogP contribution in [0.1, 0.15) is 19.3 Å². The van der Waals surface area contributed by atoms with Crippen molar-refractivity contribution in [1.29, 1.82) is 0 Å². The van der Waals surface area contributed by atoms with Gasteiger partial charge in [0, 0.05) is 11.8 Å². The summed E-state index contributed by atoms with van der Waals surface area (Å²) in [6.07, 6.45) is 4.35. The van der Waals surface area contributed by atoms with Crippen LogP contribution in [-0.2, 0) is 0 Å². The number of thioether (sulfide) groups is 1. The molecular weight excluding hydrogens is 142 g/mol. The molecule has 0 bridgehead atoms. The van der Waals surface area contributed by atoms with E-state index in [9.17, 15) is 0 Å². The van der Waals surface area contributed by atoms with Crippen molar-refractivity contribution >= 4 is 11.8 Å². The van der Waals surface area contributed by atoms with Crippen LogP contribution in [0.25, 0.3) is 0 Å². The Balaban J connectivity index is 1.93. The van der Waals surface area contributed by atoms with Crippen molar-refractivity contribution in [3.05, 3.63) is 0 Å². The van der Waals surface area contributed by atoms with Gasteiger partial charge < -0.3 is 5.32 Å². The molecule has 2 aliphatic heterocycles. The number of piperidine rings is 1. The van der Waals surface area contributed by atoms with E-state index in [-0.39, 0.29) is 0 Å². The van der Waals surface area contributed by atoms with Gasteiger partial charge in [0.25, 0.3) is 0 Å². The predicted molar refractivity (Wildman–Crippen MR) is 46.5 cm³/mol. The zero-order valence-corrected chi connectivity index (χ0v) is 7.12. The average Bonchev–Trinajstić information content (AvgIpc) is 2.05. The van der Waals surface area contributed by atoms with Crippen LogP contribution in [0.5, 0.6) is 0 Å². The minimum absolute atomic E-state index is 0.868. The highest BCUT2D eigenvalue weighted by molar-refractivity contribution is 7.99. The summed E-state index contributed by atoms with van der Waals surface area (Å²) in [5, 5.41) is 3.60. The molecule has 2 rings (SSSR count). The lowest BCUT2D eigenvalue weighted by molar-refractivity contribution is 0.289. The maximum Gasteiger partial charge on any atom is 0.0186 e. The van der Waals surface area contributed by atoms with Crippen LogP contribution >= 0.6 is 11.8 Å². The topological polar surface area (TPSA) is 12.0 Å². The molecule has 2 saturated heterocycles. The Morgan fingerprint density at radius 1 is 1.30 bits per heavy atom. The smallest absolute Gasteiger partial charge is 0.0186 e. The van der Waals surface area contributed by atoms with Crippen molar-refractivity contribution in [2.75, 3.05) is 18.1 Å². The molecule has 0 radical (unpaired) electrons. The summed E-state index contributed by atoms with van der Waals surface area (Å²) < 4.78 is 0. The maximum absolute atomic E-state index is 3.60. The first-order valence-electron chi connectivity index (χ1n) is 4.28. The fourth-order valence-corrected chi connectivity index (χ4v) is 3.29. The van der Waals surface area contributed by atoms with Gasteiger partial charge in [-0.3, -0.25) is 0 Å². The quantitative estimate of drug-likeness (QED) is 0.572. The van der Waals surface area contributed by atoms with Crippen molar-refractivity contribution in [2.24, 2.45) is 5.92 Å². The molecule has 0 aromatic carbocycles. The minimum atomic E-state index is 0.868. The number of fused-ring (bicyclic) bond motifs is 1. The summed E-state index contributed by atoms with van der Waals surface area (Å²) >= 11 is 2.12. The second-order valence-electron chi connectivity index (χ2n) is 3.33. The highest BCUT2D eigenvalue weighted by Crippen LogP contribution is 2.28. The van der Waals surface area contributed by atoms with E-state index >= 15 is 0 Å². The minimum Gasteiger partial charge on any atom is -0.313 e. The molecule has 0 aromatic rings. The molecule has 0 aliphatic carbocycles. The van der Waals surface area contributed by atoms with Crippen LogP contribution in [0.3, 0.4) is 0 Å².